The van der Waals surface area contributed by atoms with Crippen LogP contribution in [0.15, 0.2) is 63.9 Å². The van der Waals surface area contributed by atoms with Crippen molar-refractivity contribution in [2.75, 3.05) is 19.5 Å². The van der Waals surface area contributed by atoms with Gasteiger partial charge in [0.15, 0.2) is 6.61 Å². The molecule has 6 nitrogen and oxygen atoms in total. The minimum absolute atomic E-state index is 0.124. The Kier molecular flexibility index (Phi) is 6.60. The lowest BCUT2D eigenvalue weighted by Gasteiger charge is -2.11. The Morgan fingerprint density at radius 3 is 2.61 bits per heavy atom. The monoisotopic (exact) mass is 399 g/mol. The number of ether oxygens (including phenoxy) is 2. The number of carbonyl (C=O) groups excluding carboxylic acids is 2. The summed E-state index contributed by atoms with van der Waals surface area (Å²) in [6.07, 6.45) is 0. The van der Waals surface area contributed by atoms with Crippen LogP contribution in [0.1, 0.15) is 18.7 Å². The smallest absolute Gasteiger partial charge is 0.316 e. The Balaban J connectivity index is 1.42. The lowest BCUT2D eigenvalue weighted by atomic mass is 10.2. The number of carbonyl (C=O) groups is 2. The third-order valence-electron chi connectivity index (χ3n) is 4.03. The van der Waals surface area contributed by atoms with Crippen LogP contribution in [0.25, 0.3) is 11.0 Å². The van der Waals surface area contributed by atoms with E-state index in [1.807, 2.05) is 61.5 Å². The molecule has 0 unspecified atom stereocenters. The fourth-order valence-corrected chi connectivity index (χ4v) is 3.27. The number of hydrogen-bond acceptors (Lipinski definition) is 6. The highest BCUT2D eigenvalue weighted by Gasteiger charge is 2.15. The zero-order chi connectivity index (χ0) is 19.9. The Bertz CT molecular complexity index is 918. The van der Waals surface area contributed by atoms with Gasteiger partial charge < -0.3 is 19.2 Å². The van der Waals surface area contributed by atoms with E-state index in [2.05, 4.69) is 5.32 Å². The molecule has 0 spiro atoms. The van der Waals surface area contributed by atoms with E-state index in [1.165, 1.54) is 11.8 Å². The molecule has 0 aliphatic carbocycles. The van der Waals surface area contributed by atoms with Crippen molar-refractivity contribution in [1.29, 1.82) is 0 Å². The number of amides is 1. The van der Waals surface area contributed by atoms with Crippen molar-refractivity contribution >= 4 is 34.6 Å². The van der Waals surface area contributed by atoms with E-state index < -0.39 is 5.97 Å². The summed E-state index contributed by atoms with van der Waals surface area (Å²) in [5.41, 5.74) is 0.764. The summed E-state index contributed by atoms with van der Waals surface area (Å²) < 4.78 is 15.9. The molecule has 1 atom stereocenters. The molecule has 146 valence electrons. The van der Waals surface area contributed by atoms with Crippen LogP contribution in [0.3, 0.4) is 0 Å². The molecule has 3 aromatic rings. The number of rotatable bonds is 8. The zero-order valence-electron chi connectivity index (χ0n) is 15.6. The van der Waals surface area contributed by atoms with E-state index >= 15 is 0 Å². The molecule has 0 saturated heterocycles. The van der Waals surface area contributed by atoms with Crippen LogP contribution < -0.4 is 10.1 Å². The van der Waals surface area contributed by atoms with E-state index in [-0.39, 0.29) is 24.3 Å². The van der Waals surface area contributed by atoms with Gasteiger partial charge in [-0.15, -0.1) is 11.8 Å². The van der Waals surface area contributed by atoms with Gasteiger partial charge in [-0.25, -0.2) is 0 Å². The third kappa shape index (κ3) is 5.29. The molecule has 7 heteroatoms. The molecule has 1 aromatic heterocycles. The van der Waals surface area contributed by atoms with Gasteiger partial charge in [-0.2, -0.15) is 0 Å². The molecule has 1 heterocycles. The van der Waals surface area contributed by atoms with Gasteiger partial charge in [-0.3, -0.25) is 9.59 Å². The van der Waals surface area contributed by atoms with E-state index in [9.17, 15) is 9.59 Å². The van der Waals surface area contributed by atoms with Crippen LogP contribution in [-0.4, -0.2) is 31.3 Å². The molecule has 0 fully saturated rings. The molecule has 0 saturated carbocycles. The van der Waals surface area contributed by atoms with Crippen molar-refractivity contribution < 1.29 is 23.5 Å². The minimum atomic E-state index is -0.452. The summed E-state index contributed by atoms with van der Waals surface area (Å²) in [7, 11) is 1.60. The molecular formula is C21H21NO5S. The van der Waals surface area contributed by atoms with Crippen LogP contribution in [0, 0.1) is 0 Å². The maximum atomic E-state index is 12.0. The molecule has 1 amide bonds. The average molecular weight is 399 g/mol. The van der Waals surface area contributed by atoms with Gasteiger partial charge in [0.1, 0.15) is 17.1 Å². The summed E-state index contributed by atoms with van der Waals surface area (Å²) >= 11 is 1.34. The van der Waals surface area contributed by atoms with Gasteiger partial charge in [0.25, 0.3) is 5.91 Å². The molecule has 0 aliphatic heterocycles. The molecule has 0 bridgehead atoms. The third-order valence-corrected chi connectivity index (χ3v) is 5.01. The number of esters is 1. The summed E-state index contributed by atoms with van der Waals surface area (Å²) in [6.45, 7) is 1.49. The SMILES string of the molecule is COc1ccc(SCC(=O)OCC(=O)N[C@@H](C)c2cc3ccccc3o2)cc1. The van der Waals surface area contributed by atoms with E-state index in [0.717, 1.165) is 21.6 Å². The van der Waals surface area contributed by atoms with Crippen LogP contribution in [0.4, 0.5) is 0 Å². The fraction of sp³-hybridized carbons (Fsp3) is 0.238. The number of furan rings is 1. The van der Waals surface area contributed by atoms with Gasteiger partial charge in [-0.1, -0.05) is 18.2 Å². The Labute approximate surface area is 167 Å². The summed E-state index contributed by atoms with van der Waals surface area (Å²) in [5.74, 6) is 0.694. The standard InChI is InChI=1S/C21H21NO5S/c1-14(19-11-15-5-3-4-6-18(15)27-19)22-20(23)12-26-21(24)13-28-17-9-7-16(25-2)8-10-17/h3-11,14H,12-13H2,1-2H3,(H,22,23)/t14-/m0/s1. The molecule has 0 aliphatic rings. The van der Waals surface area contributed by atoms with E-state index in [4.69, 9.17) is 13.9 Å². The van der Waals surface area contributed by atoms with Crippen LogP contribution in [0.2, 0.25) is 0 Å². The van der Waals surface area contributed by atoms with Crippen LogP contribution >= 0.6 is 11.8 Å². The van der Waals surface area contributed by atoms with Crippen molar-refractivity contribution in [2.45, 2.75) is 17.9 Å². The second-order valence-electron chi connectivity index (χ2n) is 6.10. The van der Waals surface area contributed by atoms with E-state index in [0.29, 0.717) is 5.76 Å². The average Bonchev–Trinajstić information content (AvgIpc) is 3.15. The summed E-state index contributed by atoms with van der Waals surface area (Å²) in [5, 5.41) is 3.74. The second-order valence-corrected chi connectivity index (χ2v) is 7.15. The van der Waals surface area contributed by atoms with Crippen molar-refractivity contribution in [1.82, 2.24) is 5.32 Å². The second kappa shape index (κ2) is 9.32. The van der Waals surface area contributed by atoms with Gasteiger partial charge >= 0.3 is 5.97 Å². The van der Waals surface area contributed by atoms with Gasteiger partial charge in [0.05, 0.1) is 18.9 Å². The first-order chi connectivity index (χ1) is 13.5. The minimum Gasteiger partial charge on any atom is -0.497 e. The number of hydrogen-bond donors (Lipinski definition) is 1. The van der Waals surface area contributed by atoms with Crippen LogP contribution in [-0.2, 0) is 14.3 Å². The normalized spacial score (nSPS) is 11.8. The predicted octanol–water partition coefficient (Wildman–Crippen LogP) is 3.95. The summed E-state index contributed by atoms with van der Waals surface area (Å²) in [4.78, 5) is 24.8. The van der Waals surface area contributed by atoms with Gasteiger partial charge in [0, 0.05) is 10.3 Å². The van der Waals surface area contributed by atoms with E-state index in [1.54, 1.807) is 7.11 Å². The number of thioether (sulfide) groups is 1. The largest absolute Gasteiger partial charge is 0.497 e. The van der Waals surface area contributed by atoms with Crippen molar-refractivity contribution in [3.63, 3.8) is 0 Å². The molecule has 0 radical (unpaired) electrons. The molecule has 28 heavy (non-hydrogen) atoms. The topological polar surface area (TPSA) is 77.8 Å². The molecular weight excluding hydrogens is 378 g/mol. The fourth-order valence-electron chi connectivity index (χ4n) is 2.57. The maximum Gasteiger partial charge on any atom is 0.316 e. The number of methoxy groups -OCH3 is 1. The number of nitrogens with one attached hydrogen (secondary N) is 1. The van der Waals surface area contributed by atoms with Crippen molar-refractivity contribution in [3.05, 3.63) is 60.4 Å². The quantitative estimate of drug-likeness (QED) is 0.456. The predicted molar refractivity (Wildman–Crippen MR) is 107 cm³/mol. The first-order valence-electron chi connectivity index (χ1n) is 8.75. The van der Waals surface area contributed by atoms with Crippen molar-refractivity contribution in [3.8, 4) is 5.75 Å². The molecule has 2 aromatic carbocycles. The number of para-hydroxylation sites is 1. The molecule has 3 rings (SSSR count). The first-order valence-corrected chi connectivity index (χ1v) is 9.74. The Hall–Kier alpha value is -2.93. The molecule has 1 N–H and O–H groups in total. The lowest BCUT2D eigenvalue weighted by molar-refractivity contribution is -0.146. The highest BCUT2D eigenvalue weighted by atomic mass is 32.2. The first kappa shape index (κ1) is 19.8. The lowest BCUT2D eigenvalue weighted by Crippen LogP contribution is -2.31. The maximum absolute atomic E-state index is 12.0. The van der Waals surface area contributed by atoms with Gasteiger partial charge in [-0.05, 0) is 43.3 Å². The van der Waals surface area contributed by atoms with Crippen LogP contribution in [0.5, 0.6) is 5.75 Å². The zero-order valence-corrected chi connectivity index (χ0v) is 16.5. The summed E-state index contributed by atoms with van der Waals surface area (Å²) in [6, 6.07) is 16.5. The number of fused-ring (bicyclic) bond motifs is 1. The Morgan fingerprint density at radius 2 is 1.89 bits per heavy atom. The van der Waals surface area contributed by atoms with Crippen molar-refractivity contribution in [2.24, 2.45) is 0 Å². The highest BCUT2D eigenvalue weighted by molar-refractivity contribution is 8.00. The van der Waals surface area contributed by atoms with Gasteiger partial charge in [0.2, 0.25) is 0 Å². The number of benzene rings is 2. The Morgan fingerprint density at radius 1 is 1.14 bits per heavy atom. The highest BCUT2D eigenvalue weighted by Crippen LogP contribution is 2.23.